The number of nitrogens with zero attached hydrogens (tertiary/aromatic N) is 3. The topological polar surface area (TPSA) is 107 Å². The van der Waals surface area contributed by atoms with E-state index >= 15 is 0 Å². The van der Waals surface area contributed by atoms with Gasteiger partial charge in [-0.3, -0.25) is 0 Å². The van der Waals surface area contributed by atoms with Crippen LogP contribution in [-0.4, -0.2) is 74.4 Å². The first-order valence-electron chi connectivity index (χ1n) is 13.9. The zero-order valence-electron chi connectivity index (χ0n) is 23.8. The molecular weight excluding hydrogens is 539 g/mol. The van der Waals surface area contributed by atoms with Crippen LogP contribution in [0.1, 0.15) is 34.6 Å². The number of nitriles is 1. The second-order valence-corrected chi connectivity index (χ2v) is 11.1. The number of carbonyl (C=O) groups is 1. The normalized spacial score (nSPS) is 26.5. The van der Waals surface area contributed by atoms with Gasteiger partial charge in [-0.2, -0.15) is 5.26 Å². The summed E-state index contributed by atoms with van der Waals surface area (Å²) in [7, 11) is 5.03. The van der Waals surface area contributed by atoms with Crippen molar-refractivity contribution in [2.75, 3.05) is 47.4 Å². The molecule has 9 nitrogen and oxygen atoms in total. The van der Waals surface area contributed by atoms with Crippen molar-refractivity contribution < 1.29 is 28.5 Å². The molecule has 3 aromatic carbocycles. The van der Waals surface area contributed by atoms with E-state index in [9.17, 15) is 19.6 Å². The van der Waals surface area contributed by atoms with Crippen molar-refractivity contribution >= 4 is 6.03 Å². The van der Waals surface area contributed by atoms with Gasteiger partial charge in [-0.1, -0.05) is 24.3 Å². The smallest absolute Gasteiger partial charge is 0.317 e. The number of aliphatic hydroxyl groups is 1. The van der Waals surface area contributed by atoms with Crippen molar-refractivity contribution in [3.63, 3.8) is 0 Å². The second kappa shape index (κ2) is 10.5. The van der Waals surface area contributed by atoms with E-state index in [4.69, 9.17) is 14.2 Å². The van der Waals surface area contributed by atoms with Crippen LogP contribution in [0.4, 0.5) is 9.18 Å². The molecule has 0 radical (unpaired) electrons. The summed E-state index contributed by atoms with van der Waals surface area (Å²) >= 11 is 0. The number of amides is 2. The molecule has 218 valence electrons. The molecule has 2 heterocycles. The summed E-state index contributed by atoms with van der Waals surface area (Å²) < 4.78 is 32.8. The monoisotopic (exact) mass is 572 g/mol. The number of likely N-dealkylation sites (N-methyl/N-ethyl adjacent to an activating group) is 1. The highest BCUT2D eigenvalue weighted by Crippen LogP contribution is 2.68. The molecule has 3 aromatic rings. The highest BCUT2D eigenvalue weighted by atomic mass is 19.1. The molecule has 0 spiro atoms. The van der Waals surface area contributed by atoms with Gasteiger partial charge in [0.05, 0.1) is 37.5 Å². The second-order valence-electron chi connectivity index (χ2n) is 11.1. The van der Waals surface area contributed by atoms with E-state index < -0.39 is 29.0 Å². The van der Waals surface area contributed by atoms with Crippen LogP contribution in [-0.2, 0) is 11.2 Å². The number of rotatable bonds is 5. The van der Waals surface area contributed by atoms with Gasteiger partial charge in [-0.05, 0) is 48.9 Å². The minimum absolute atomic E-state index is 0.244. The Morgan fingerprint density at radius 1 is 1.10 bits per heavy atom. The maximum absolute atomic E-state index is 14.7. The van der Waals surface area contributed by atoms with Gasteiger partial charge in [0.2, 0.25) is 0 Å². The van der Waals surface area contributed by atoms with Crippen molar-refractivity contribution in [3.8, 4) is 23.3 Å². The fourth-order valence-corrected chi connectivity index (χ4v) is 6.86. The Hall–Kier alpha value is -4.33. The lowest BCUT2D eigenvalue weighted by molar-refractivity contribution is -0.116. The highest BCUT2D eigenvalue weighted by molar-refractivity contribution is 5.76. The van der Waals surface area contributed by atoms with Gasteiger partial charge in [-0.15, -0.1) is 0 Å². The Labute approximate surface area is 244 Å². The van der Waals surface area contributed by atoms with Crippen LogP contribution in [0.15, 0.2) is 60.7 Å². The standard InChI is InChI=1S/C32H33FN4O5/c1-36-11-13-37(14-12-36)30(38)35-28-18-25(21-5-4-6-23(33)15-21)32(22-9-7-20(19-34)8-10-22)31(28,39)29-26(41-3)16-24(40-2)17-27(29)42-32/h4-10,15-17,25,28,39H,11-14,18H2,1-3H3,(H,35,38)/t25-,28-,31+,32-/m0/s1. The molecule has 1 saturated heterocycles. The first-order valence-corrected chi connectivity index (χ1v) is 13.9. The molecule has 0 aromatic heterocycles. The van der Waals surface area contributed by atoms with Gasteiger partial charge in [0.25, 0.3) is 0 Å². The molecule has 2 fully saturated rings. The fraction of sp³-hybridized carbons (Fsp3) is 0.375. The molecule has 1 aliphatic carbocycles. The number of halogens is 1. The van der Waals surface area contributed by atoms with Gasteiger partial charge < -0.3 is 34.4 Å². The summed E-state index contributed by atoms with van der Waals surface area (Å²) in [5, 5.41) is 25.8. The third-order valence-electron chi connectivity index (χ3n) is 8.96. The van der Waals surface area contributed by atoms with Crippen LogP contribution in [0.5, 0.6) is 17.2 Å². The molecule has 42 heavy (non-hydrogen) atoms. The van der Waals surface area contributed by atoms with E-state index in [2.05, 4.69) is 16.3 Å². The van der Waals surface area contributed by atoms with Crippen molar-refractivity contribution in [2.24, 2.45) is 0 Å². The van der Waals surface area contributed by atoms with Crippen molar-refractivity contribution in [1.82, 2.24) is 15.1 Å². The lowest BCUT2D eigenvalue weighted by atomic mass is 9.70. The minimum Gasteiger partial charge on any atom is -0.496 e. The lowest BCUT2D eigenvalue weighted by Crippen LogP contribution is -2.59. The molecule has 2 N–H and O–H groups in total. The number of benzene rings is 3. The predicted molar refractivity (Wildman–Crippen MR) is 152 cm³/mol. The Bertz CT molecular complexity index is 1550. The maximum atomic E-state index is 14.7. The third kappa shape index (κ3) is 4.15. The van der Waals surface area contributed by atoms with Gasteiger partial charge >= 0.3 is 6.03 Å². The number of hydrogen-bond donors (Lipinski definition) is 2. The molecule has 10 heteroatoms. The molecular formula is C32H33FN4O5. The van der Waals surface area contributed by atoms with Crippen molar-refractivity contribution in [3.05, 3.63) is 88.7 Å². The van der Waals surface area contributed by atoms with Crippen LogP contribution in [0, 0.1) is 17.1 Å². The molecule has 3 aliphatic rings. The number of nitrogens with one attached hydrogen (secondary N) is 1. The van der Waals surface area contributed by atoms with Crippen LogP contribution in [0.2, 0.25) is 0 Å². The Morgan fingerprint density at radius 3 is 2.48 bits per heavy atom. The lowest BCUT2D eigenvalue weighted by Gasteiger charge is -2.42. The van der Waals surface area contributed by atoms with E-state index in [1.165, 1.54) is 26.4 Å². The number of hydrogen-bond acceptors (Lipinski definition) is 7. The highest BCUT2D eigenvalue weighted by Gasteiger charge is 2.74. The van der Waals surface area contributed by atoms with E-state index in [1.54, 1.807) is 53.4 Å². The number of fused-ring (bicyclic) bond motifs is 3. The van der Waals surface area contributed by atoms with Gasteiger partial charge in [0.1, 0.15) is 23.1 Å². The fourth-order valence-electron chi connectivity index (χ4n) is 6.86. The summed E-state index contributed by atoms with van der Waals surface area (Å²) in [5.41, 5.74) is -1.38. The summed E-state index contributed by atoms with van der Waals surface area (Å²) in [6.45, 7) is 2.58. The zero-order valence-corrected chi connectivity index (χ0v) is 23.8. The van der Waals surface area contributed by atoms with Gasteiger partial charge in [0, 0.05) is 44.2 Å². The molecule has 2 amide bonds. The summed E-state index contributed by atoms with van der Waals surface area (Å²) in [5.74, 6) is 0.0984. The first kappa shape index (κ1) is 27.8. The van der Waals surface area contributed by atoms with Gasteiger partial charge in [-0.25, -0.2) is 9.18 Å². The van der Waals surface area contributed by atoms with Crippen molar-refractivity contribution in [1.29, 1.82) is 5.26 Å². The molecule has 1 saturated carbocycles. The number of urea groups is 1. The molecule has 0 unspecified atom stereocenters. The Kier molecular flexibility index (Phi) is 6.95. The van der Waals surface area contributed by atoms with Crippen LogP contribution in [0.3, 0.4) is 0 Å². The van der Waals surface area contributed by atoms with Crippen molar-refractivity contribution in [2.45, 2.75) is 29.6 Å². The zero-order chi connectivity index (χ0) is 29.6. The molecule has 0 bridgehead atoms. The number of piperazine rings is 1. The molecule has 4 atom stereocenters. The van der Waals surface area contributed by atoms with E-state index in [1.807, 2.05) is 7.05 Å². The number of ether oxygens (including phenoxy) is 3. The summed E-state index contributed by atoms with van der Waals surface area (Å²) in [4.78, 5) is 17.6. The quantitative estimate of drug-likeness (QED) is 0.480. The van der Waals surface area contributed by atoms with Gasteiger partial charge in [0.15, 0.2) is 11.2 Å². The first-order chi connectivity index (χ1) is 20.2. The number of carbonyl (C=O) groups excluding carboxylic acids is 1. The maximum Gasteiger partial charge on any atom is 0.317 e. The van der Waals surface area contributed by atoms with E-state index in [-0.39, 0.29) is 12.5 Å². The van der Waals surface area contributed by atoms with Crippen LogP contribution >= 0.6 is 0 Å². The predicted octanol–water partition coefficient (Wildman–Crippen LogP) is 3.70. The Morgan fingerprint density at radius 2 is 1.83 bits per heavy atom. The minimum atomic E-state index is -1.85. The average Bonchev–Trinajstić information content (AvgIpc) is 3.41. The largest absolute Gasteiger partial charge is 0.496 e. The average molecular weight is 573 g/mol. The van der Waals surface area contributed by atoms with Crippen LogP contribution in [0.25, 0.3) is 0 Å². The third-order valence-corrected chi connectivity index (χ3v) is 8.96. The SMILES string of the molecule is COc1cc(OC)c2c(c1)O[C@@]1(c3ccc(C#N)cc3)[C@H](c3cccc(F)c3)C[C@H](NC(=O)N3CCN(C)CC3)[C@@]21O. The van der Waals surface area contributed by atoms with E-state index in [0.29, 0.717) is 52.6 Å². The Balaban J connectivity index is 1.57. The molecule has 6 rings (SSSR count). The molecule has 2 aliphatic heterocycles. The van der Waals surface area contributed by atoms with Crippen LogP contribution < -0.4 is 19.5 Å². The van der Waals surface area contributed by atoms with E-state index in [0.717, 1.165) is 13.1 Å². The summed E-state index contributed by atoms with van der Waals surface area (Å²) in [6, 6.07) is 17.4. The number of methoxy groups -OCH3 is 2. The summed E-state index contributed by atoms with van der Waals surface area (Å²) in [6.07, 6.45) is 0.244.